The molecule has 232 valence electrons. The smallest absolute Gasteiger partial charge is 0.0648 e. The summed E-state index contributed by atoms with van der Waals surface area (Å²) in [4.78, 5) is 0. The molecule has 2 N–H and O–H groups in total. The Balaban J connectivity index is 1.30. The Labute approximate surface area is 290 Å². The van der Waals surface area contributed by atoms with Crippen molar-refractivity contribution in [3.05, 3.63) is 190 Å². The lowest BCUT2D eigenvalue weighted by atomic mass is 9.50. The SMILES string of the molecule is c1ccc2c(c1)CNc1c-2cc2c3c(cccc13)C13c4ccccc4-c4ccccc4C21c1cccc2c4c(cc3c12)-c1ccccc1CN4. The predicted molar refractivity (Wildman–Crippen MR) is 205 cm³/mol. The van der Waals surface area contributed by atoms with Crippen LogP contribution in [0, 0.1) is 0 Å². The van der Waals surface area contributed by atoms with E-state index in [1.54, 1.807) is 0 Å². The van der Waals surface area contributed by atoms with Crippen LogP contribution in [0.2, 0.25) is 0 Å². The van der Waals surface area contributed by atoms with E-state index in [2.05, 4.69) is 156 Å². The largest absolute Gasteiger partial charge is 0.380 e. The van der Waals surface area contributed by atoms with Crippen LogP contribution in [0.3, 0.4) is 0 Å². The van der Waals surface area contributed by atoms with Crippen LogP contribution in [0.5, 0.6) is 0 Å². The van der Waals surface area contributed by atoms with Gasteiger partial charge in [-0.25, -0.2) is 0 Å². The summed E-state index contributed by atoms with van der Waals surface area (Å²) in [6.07, 6.45) is 0. The van der Waals surface area contributed by atoms with Gasteiger partial charge in [0, 0.05) is 35.0 Å². The third-order valence-electron chi connectivity index (χ3n) is 13.0. The number of nitrogens with one attached hydrogen (secondary N) is 2. The maximum Gasteiger partial charge on any atom is 0.0648 e. The summed E-state index contributed by atoms with van der Waals surface area (Å²) in [7, 11) is 0. The standard InChI is InChI=1S/C48H30N2/c1-3-13-29-27(11-1)25-49-45-33-17-9-21-39-43(33)41(23-35(29)45)47-37-19-7-5-15-31(37)32-16-6-8-20-38(32)48(39,47)42-24-36-30-14-4-2-12-28(30)26-50-46(36)34-18-10-22-40(47)44(34)42/h1-24,49-50H,25-26H2. The number of rotatable bonds is 0. The van der Waals surface area contributed by atoms with Gasteiger partial charge in [-0.1, -0.05) is 133 Å². The minimum absolute atomic E-state index is 0.466. The van der Waals surface area contributed by atoms with Gasteiger partial charge < -0.3 is 10.6 Å². The summed E-state index contributed by atoms with van der Waals surface area (Å²) in [5, 5.41) is 13.3. The third kappa shape index (κ3) is 2.57. The molecular formula is C48H30N2. The van der Waals surface area contributed by atoms with Gasteiger partial charge in [0.2, 0.25) is 0 Å². The molecule has 0 radical (unpaired) electrons. The average Bonchev–Trinajstić information content (AvgIpc) is 3.61. The highest BCUT2D eigenvalue weighted by Crippen LogP contribution is 2.76. The fourth-order valence-corrected chi connectivity index (χ4v) is 11.4. The third-order valence-corrected chi connectivity index (χ3v) is 13.0. The Morgan fingerprint density at radius 1 is 0.340 bits per heavy atom. The van der Waals surface area contributed by atoms with Crippen LogP contribution >= 0.6 is 0 Å². The van der Waals surface area contributed by atoms with Crippen molar-refractivity contribution in [1.82, 2.24) is 0 Å². The molecule has 8 aromatic carbocycles. The number of hydrogen-bond donors (Lipinski definition) is 2. The van der Waals surface area contributed by atoms with Crippen molar-refractivity contribution in [3.8, 4) is 33.4 Å². The fraction of sp³-hybridized carbons (Fsp3) is 0.0833. The molecule has 5 aliphatic rings. The summed E-state index contributed by atoms with van der Waals surface area (Å²) in [6, 6.07) is 56.1. The molecule has 2 heterocycles. The van der Waals surface area contributed by atoms with Crippen molar-refractivity contribution in [2.45, 2.75) is 23.9 Å². The van der Waals surface area contributed by atoms with Gasteiger partial charge in [-0.05, 0) is 89.7 Å². The lowest BCUT2D eigenvalue weighted by Crippen LogP contribution is -2.48. The average molecular weight is 635 g/mol. The molecule has 2 heteroatoms. The summed E-state index contributed by atoms with van der Waals surface area (Å²) in [6.45, 7) is 1.68. The Hall–Kier alpha value is -6.12. The highest BCUT2D eigenvalue weighted by molar-refractivity contribution is 6.17. The molecule has 2 aliphatic heterocycles. The maximum atomic E-state index is 3.91. The van der Waals surface area contributed by atoms with Crippen LogP contribution < -0.4 is 10.6 Å². The number of benzene rings is 8. The van der Waals surface area contributed by atoms with Crippen molar-refractivity contribution in [2.24, 2.45) is 0 Å². The van der Waals surface area contributed by atoms with E-state index in [1.807, 2.05) is 0 Å². The van der Waals surface area contributed by atoms with Crippen molar-refractivity contribution < 1.29 is 0 Å². The fourth-order valence-electron chi connectivity index (χ4n) is 11.4. The van der Waals surface area contributed by atoms with Crippen LogP contribution in [0.1, 0.15) is 44.5 Å². The summed E-state index contributed by atoms with van der Waals surface area (Å²) < 4.78 is 0. The van der Waals surface area contributed by atoms with E-state index in [9.17, 15) is 0 Å². The minimum atomic E-state index is -0.466. The van der Waals surface area contributed by atoms with E-state index in [1.165, 1.54) is 111 Å². The lowest BCUT2D eigenvalue weighted by Gasteiger charge is -2.50. The monoisotopic (exact) mass is 634 g/mol. The molecule has 2 atom stereocenters. The number of anilines is 2. The second kappa shape index (κ2) is 8.53. The van der Waals surface area contributed by atoms with E-state index in [0.717, 1.165) is 13.1 Å². The molecule has 13 rings (SSSR count). The van der Waals surface area contributed by atoms with E-state index in [4.69, 9.17) is 0 Å². The van der Waals surface area contributed by atoms with Gasteiger partial charge in [0.1, 0.15) is 0 Å². The molecule has 8 aromatic rings. The van der Waals surface area contributed by atoms with Gasteiger partial charge in [0.25, 0.3) is 0 Å². The summed E-state index contributed by atoms with van der Waals surface area (Å²) >= 11 is 0. The number of fused-ring (bicyclic) bond motifs is 11. The van der Waals surface area contributed by atoms with E-state index < -0.39 is 10.8 Å². The quantitative estimate of drug-likeness (QED) is 0.173. The van der Waals surface area contributed by atoms with Crippen molar-refractivity contribution in [3.63, 3.8) is 0 Å². The number of hydrogen-bond acceptors (Lipinski definition) is 2. The molecule has 50 heavy (non-hydrogen) atoms. The van der Waals surface area contributed by atoms with Gasteiger partial charge in [-0.15, -0.1) is 0 Å². The Bertz CT molecular complexity index is 2700. The van der Waals surface area contributed by atoms with E-state index in [-0.39, 0.29) is 0 Å². The maximum absolute atomic E-state index is 3.91. The van der Waals surface area contributed by atoms with Crippen molar-refractivity contribution in [2.75, 3.05) is 10.6 Å². The summed E-state index contributed by atoms with van der Waals surface area (Å²) in [5.74, 6) is 0. The molecule has 0 fully saturated rings. The van der Waals surface area contributed by atoms with Gasteiger partial charge in [-0.2, -0.15) is 0 Å². The molecule has 0 aromatic heterocycles. The zero-order chi connectivity index (χ0) is 32.3. The van der Waals surface area contributed by atoms with Crippen LogP contribution in [-0.2, 0) is 23.9 Å². The second-order valence-electron chi connectivity index (χ2n) is 14.8. The first kappa shape index (κ1) is 25.8. The molecule has 0 saturated heterocycles. The summed E-state index contributed by atoms with van der Waals surface area (Å²) in [5.41, 5.74) is 20.8. The van der Waals surface area contributed by atoms with Gasteiger partial charge in [0.05, 0.1) is 22.2 Å². The highest BCUT2D eigenvalue weighted by atomic mass is 14.9. The first-order chi connectivity index (χ1) is 24.8. The molecule has 0 bridgehead atoms. The Kier molecular flexibility index (Phi) is 4.41. The highest BCUT2D eigenvalue weighted by Gasteiger charge is 2.69. The van der Waals surface area contributed by atoms with E-state index in [0.29, 0.717) is 0 Å². The van der Waals surface area contributed by atoms with Gasteiger partial charge in [0.15, 0.2) is 0 Å². The molecule has 0 amide bonds. The van der Waals surface area contributed by atoms with Crippen molar-refractivity contribution in [1.29, 1.82) is 0 Å². The molecular weight excluding hydrogens is 605 g/mol. The first-order valence-electron chi connectivity index (χ1n) is 17.9. The van der Waals surface area contributed by atoms with Gasteiger partial charge in [-0.3, -0.25) is 0 Å². The Morgan fingerprint density at radius 2 is 0.740 bits per heavy atom. The second-order valence-corrected chi connectivity index (χ2v) is 14.8. The molecule has 0 spiro atoms. The Morgan fingerprint density at radius 3 is 1.22 bits per heavy atom. The zero-order valence-corrected chi connectivity index (χ0v) is 27.3. The zero-order valence-electron chi connectivity index (χ0n) is 27.3. The minimum Gasteiger partial charge on any atom is -0.380 e. The van der Waals surface area contributed by atoms with Gasteiger partial charge >= 0.3 is 0 Å². The topological polar surface area (TPSA) is 24.1 Å². The molecule has 3 aliphatic carbocycles. The van der Waals surface area contributed by atoms with E-state index >= 15 is 0 Å². The van der Waals surface area contributed by atoms with Crippen molar-refractivity contribution >= 4 is 32.9 Å². The normalized spacial score (nSPS) is 20.3. The van der Waals surface area contributed by atoms with Crippen LogP contribution in [-0.4, -0.2) is 0 Å². The molecule has 2 nitrogen and oxygen atoms in total. The van der Waals surface area contributed by atoms with Crippen LogP contribution in [0.15, 0.2) is 146 Å². The molecule has 2 unspecified atom stereocenters. The molecule has 0 saturated carbocycles. The van der Waals surface area contributed by atoms with Crippen LogP contribution in [0.25, 0.3) is 54.9 Å². The first-order valence-corrected chi connectivity index (χ1v) is 17.9. The lowest BCUT2D eigenvalue weighted by molar-refractivity contribution is 0.461. The predicted octanol–water partition coefficient (Wildman–Crippen LogP) is 11.2. The van der Waals surface area contributed by atoms with Crippen LogP contribution in [0.4, 0.5) is 11.4 Å².